The summed E-state index contributed by atoms with van der Waals surface area (Å²) in [4.78, 5) is 12.4. The van der Waals surface area contributed by atoms with Crippen molar-refractivity contribution in [2.24, 2.45) is 0 Å². The van der Waals surface area contributed by atoms with Gasteiger partial charge in [-0.3, -0.25) is 9.10 Å². The molecule has 0 saturated heterocycles. The zero-order chi connectivity index (χ0) is 20.9. The third kappa shape index (κ3) is 5.57. The van der Waals surface area contributed by atoms with Crippen molar-refractivity contribution < 1.29 is 13.2 Å². The minimum atomic E-state index is -3.55. The van der Waals surface area contributed by atoms with Crippen molar-refractivity contribution in [1.29, 1.82) is 5.26 Å². The van der Waals surface area contributed by atoms with Crippen molar-refractivity contribution in [2.75, 3.05) is 23.7 Å². The normalized spacial score (nSPS) is 11.5. The average molecular weight is 400 g/mol. The second kappa shape index (κ2) is 8.44. The van der Waals surface area contributed by atoms with Crippen LogP contribution in [-0.4, -0.2) is 33.7 Å². The van der Waals surface area contributed by atoms with Crippen LogP contribution in [0.5, 0.6) is 0 Å². The number of nitrogens with zero attached hydrogens (tertiary/aromatic N) is 2. The molecule has 0 spiro atoms. The number of rotatable bonds is 6. The van der Waals surface area contributed by atoms with E-state index >= 15 is 0 Å². The molecule has 0 atom stereocenters. The first-order valence-corrected chi connectivity index (χ1v) is 10.7. The highest BCUT2D eigenvalue weighted by Crippen LogP contribution is 2.22. The molecular weight excluding hydrogens is 374 g/mol. The molecule has 0 fully saturated rings. The molecule has 0 aromatic heterocycles. The van der Waals surface area contributed by atoms with Crippen molar-refractivity contribution >= 4 is 21.6 Å². The molecule has 2 aromatic rings. The number of anilines is 1. The van der Waals surface area contributed by atoms with Crippen LogP contribution in [0.1, 0.15) is 42.3 Å². The van der Waals surface area contributed by atoms with Gasteiger partial charge in [-0.2, -0.15) is 5.26 Å². The van der Waals surface area contributed by atoms with E-state index in [0.717, 1.165) is 11.8 Å². The van der Waals surface area contributed by atoms with Crippen LogP contribution in [0.3, 0.4) is 0 Å². The van der Waals surface area contributed by atoms with Crippen LogP contribution in [0.25, 0.3) is 0 Å². The first-order chi connectivity index (χ1) is 13.0. The van der Waals surface area contributed by atoms with Gasteiger partial charge in [0.25, 0.3) is 5.91 Å². The predicted octanol–water partition coefficient (Wildman–Crippen LogP) is 3.05. The van der Waals surface area contributed by atoms with E-state index in [9.17, 15) is 13.2 Å². The monoisotopic (exact) mass is 399 g/mol. The molecule has 0 saturated carbocycles. The Morgan fingerprint density at radius 3 is 2.32 bits per heavy atom. The van der Waals surface area contributed by atoms with Gasteiger partial charge in [0.2, 0.25) is 10.0 Å². The first-order valence-electron chi connectivity index (χ1n) is 8.89. The minimum absolute atomic E-state index is 0.00293. The van der Waals surface area contributed by atoms with Crippen molar-refractivity contribution in [2.45, 2.75) is 26.2 Å². The molecule has 0 aliphatic rings. The highest BCUT2D eigenvalue weighted by molar-refractivity contribution is 7.92. The van der Waals surface area contributed by atoms with Gasteiger partial charge in [-0.15, -0.1) is 0 Å². The average Bonchev–Trinajstić information content (AvgIpc) is 2.63. The fraction of sp³-hybridized carbons (Fsp3) is 0.333. The standard InChI is InChI=1S/C21H25N3O3S/c1-21(2,3)18-10-8-17(9-11-18)20(25)23-12-13-24(28(4,26)27)19-7-5-6-16(14-19)15-22/h5-11,14H,12-13H2,1-4H3,(H,23,25). The Morgan fingerprint density at radius 1 is 1.14 bits per heavy atom. The molecule has 0 aliphatic heterocycles. The van der Waals surface area contributed by atoms with Crippen LogP contribution in [0.15, 0.2) is 48.5 Å². The van der Waals surface area contributed by atoms with Crippen molar-refractivity contribution in [3.05, 3.63) is 65.2 Å². The first kappa shape index (κ1) is 21.5. The Hall–Kier alpha value is -2.85. The third-order valence-corrected chi connectivity index (χ3v) is 5.47. The predicted molar refractivity (Wildman–Crippen MR) is 111 cm³/mol. The maximum atomic E-state index is 12.4. The lowest BCUT2D eigenvalue weighted by Crippen LogP contribution is -2.38. The molecule has 148 valence electrons. The van der Waals surface area contributed by atoms with E-state index < -0.39 is 10.0 Å². The molecule has 2 rings (SSSR count). The molecule has 2 aromatic carbocycles. The molecule has 7 heteroatoms. The number of nitriles is 1. The summed E-state index contributed by atoms with van der Waals surface area (Å²) in [6, 6.07) is 15.7. The molecule has 0 heterocycles. The van der Waals surface area contributed by atoms with Gasteiger partial charge in [0.1, 0.15) is 0 Å². The number of hydrogen-bond acceptors (Lipinski definition) is 4. The van der Waals surface area contributed by atoms with Crippen LogP contribution in [0.4, 0.5) is 5.69 Å². The number of carbonyl (C=O) groups is 1. The number of sulfonamides is 1. The van der Waals surface area contributed by atoms with Gasteiger partial charge < -0.3 is 5.32 Å². The molecular formula is C21H25N3O3S. The third-order valence-electron chi connectivity index (χ3n) is 4.28. The second-order valence-electron chi connectivity index (χ2n) is 7.58. The molecule has 0 bridgehead atoms. The Balaban J connectivity index is 2.06. The Bertz CT molecular complexity index is 985. The Labute approximate surface area is 166 Å². The fourth-order valence-electron chi connectivity index (χ4n) is 2.71. The van der Waals surface area contributed by atoms with E-state index in [4.69, 9.17) is 5.26 Å². The zero-order valence-electron chi connectivity index (χ0n) is 16.6. The van der Waals surface area contributed by atoms with E-state index in [2.05, 4.69) is 26.1 Å². The molecule has 1 N–H and O–H groups in total. The molecule has 6 nitrogen and oxygen atoms in total. The summed E-state index contributed by atoms with van der Waals surface area (Å²) in [5.74, 6) is -0.264. The van der Waals surface area contributed by atoms with Crippen molar-refractivity contribution in [3.8, 4) is 6.07 Å². The van der Waals surface area contributed by atoms with E-state index in [1.807, 2.05) is 18.2 Å². The maximum absolute atomic E-state index is 12.4. The molecule has 1 amide bonds. The van der Waals surface area contributed by atoms with E-state index in [1.54, 1.807) is 30.3 Å². The molecule has 0 radical (unpaired) electrons. The summed E-state index contributed by atoms with van der Waals surface area (Å²) in [6.45, 7) is 6.51. The summed E-state index contributed by atoms with van der Waals surface area (Å²) >= 11 is 0. The van der Waals surface area contributed by atoms with Crippen LogP contribution in [0.2, 0.25) is 0 Å². The van der Waals surface area contributed by atoms with Crippen LogP contribution in [0, 0.1) is 11.3 Å². The number of amides is 1. The van der Waals surface area contributed by atoms with E-state index in [0.29, 0.717) is 16.8 Å². The second-order valence-corrected chi connectivity index (χ2v) is 9.49. The molecule has 0 unspecified atom stereocenters. The Morgan fingerprint density at radius 2 is 1.79 bits per heavy atom. The molecule has 28 heavy (non-hydrogen) atoms. The SMILES string of the molecule is CC(C)(C)c1ccc(C(=O)NCCN(c2cccc(C#N)c2)S(C)(=O)=O)cc1. The van der Waals surface area contributed by atoms with Gasteiger partial charge in [-0.25, -0.2) is 8.42 Å². The van der Waals surface area contributed by atoms with E-state index in [1.165, 1.54) is 10.4 Å². The largest absolute Gasteiger partial charge is 0.350 e. The Kier molecular flexibility index (Phi) is 6.47. The lowest BCUT2D eigenvalue weighted by molar-refractivity contribution is 0.0954. The minimum Gasteiger partial charge on any atom is -0.350 e. The van der Waals surface area contributed by atoms with Crippen LogP contribution in [-0.2, 0) is 15.4 Å². The highest BCUT2D eigenvalue weighted by atomic mass is 32.2. The van der Waals surface area contributed by atoms with Gasteiger partial charge in [-0.1, -0.05) is 39.0 Å². The molecule has 0 aliphatic carbocycles. The quantitative estimate of drug-likeness (QED) is 0.808. The van der Waals surface area contributed by atoms with Gasteiger partial charge in [-0.05, 0) is 41.3 Å². The summed E-state index contributed by atoms with van der Waals surface area (Å²) in [7, 11) is -3.55. The van der Waals surface area contributed by atoms with Crippen LogP contribution >= 0.6 is 0 Å². The summed E-state index contributed by atoms with van der Waals surface area (Å²) in [5.41, 5.74) is 2.41. The van der Waals surface area contributed by atoms with Gasteiger partial charge in [0.15, 0.2) is 0 Å². The number of nitrogens with one attached hydrogen (secondary N) is 1. The van der Waals surface area contributed by atoms with Gasteiger partial charge in [0.05, 0.1) is 30.1 Å². The summed E-state index contributed by atoms with van der Waals surface area (Å²) in [5, 5.41) is 11.8. The lowest BCUT2D eigenvalue weighted by atomic mass is 9.87. The van der Waals surface area contributed by atoms with Crippen molar-refractivity contribution in [1.82, 2.24) is 5.32 Å². The van der Waals surface area contributed by atoms with Gasteiger partial charge >= 0.3 is 0 Å². The fourth-order valence-corrected chi connectivity index (χ4v) is 3.63. The maximum Gasteiger partial charge on any atom is 0.251 e. The van der Waals surface area contributed by atoms with E-state index in [-0.39, 0.29) is 24.4 Å². The number of benzene rings is 2. The number of carbonyl (C=O) groups excluding carboxylic acids is 1. The smallest absolute Gasteiger partial charge is 0.251 e. The topological polar surface area (TPSA) is 90.3 Å². The van der Waals surface area contributed by atoms with Crippen LogP contribution < -0.4 is 9.62 Å². The van der Waals surface area contributed by atoms with Crippen molar-refractivity contribution in [3.63, 3.8) is 0 Å². The van der Waals surface area contributed by atoms with Gasteiger partial charge in [0, 0.05) is 12.1 Å². The highest BCUT2D eigenvalue weighted by Gasteiger charge is 2.18. The number of hydrogen-bond donors (Lipinski definition) is 1. The lowest BCUT2D eigenvalue weighted by Gasteiger charge is -2.23. The summed E-state index contributed by atoms with van der Waals surface area (Å²) in [6.07, 6.45) is 1.10. The zero-order valence-corrected chi connectivity index (χ0v) is 17.4. The summed E-state index contributed by atoms with van der Waals surface area (Å²) < 4.78 is 25.5.